The van der Waals surface area contributed by atoms with Gasteiger partial charge in [-0.15, -0.1) is 10.2 Å². The van der Waals surface area contributed by atoms with E-state index in [0.29, 0.717) is 11.6 Å². The zero-order valence-corrected chi connectivity index (χ0v) is 13.5. The minimum Gasteiger partial charge on any atom is -0.420 e. The fraction of sp³-hybridized carbons (Fsp3) is 0.200. The first-order valence-corrected chi connectivity index (χ1v) is 8.46. The molecular formula is C15H16N4O3S. The molecule has 0 amide bonds. The largest absolute Gasteiger partial charge is 0.420 e. The minimum atomic E-state index is -3.62. The summed E-state index contributed by atoms with van der Waals surface area (Å²) in [5.74, 6) is 0.666. The molecule has 0 saturated carbocycles. The first kappa shape index (κ1) is 15.4. The quantitative estimate of drug-likeness (QED) is 0.745. The molecule has 0 saturated heterocycles. The highest BCUT2D eigenvalue weighted by Crippen LogP contribution is 2.20. The van der Waals surface area contributed by atoms with Crippen LogP contribution in [-0.2, 0) is 16.6 Å². The lowest BCUT2D eigenvalue weighted by molar-refractivity contribution is 0.531. The Bertz CT molecular complexity index is 928. The highest BCUT2D eigenvalue weighted by atomic mass is 32.2. The lowest BCUT2D eigenvalue weighted by atomic mass is 10.1. The Hall–Kier alpha value is -2.45. The van der Waals surface area contributed by atoms with E-state index in [2.05, 4.69) is 19.9 Å². The topological polar surface area (TPSA) is 101 Å². The van der Waals surface area contributed by atoms with Gasteiger partial charge in [-0.2, -0.15) is 0 Å². The van der Waals surface area contributed by atoms with Crippen molar-refractivity contribution < 1.29 is 12.8 Å². The Kier molecular flexibility index (Phi) is 4.01. The van der Waals surface area contributed by atoms with Crippen molar-refractivity contribution >= 4 is 10.0 Å². The smallest absolute Gasteiger partial charge is 0.264 e. The van der Waals surface area contributed by atoms with Crippen molar-refractivity contribution in [1.82, 2.24) is 19.9 Å². The lowest BCUT2D eigenvalue weighted by Gasteiger charge is -2.05. The number of hydrogen-bond donors (Lipinski definition) is 2. The van der Waals surface area contributed by atoms with Gasteiger partial charge >= 0.3 is 0 Å². The number of aryl methyl sites for hydroxylation is 2. The summed E-state index contributed by atoms with van der Waals surface area (Å²) >= 11 is 0. The lowest BCUT2D eigenvalue weighted by Crippen LogP contribution is -2.22. The summed E-state index contributed by atoms with van der Waals surface area (Å²) in [6.07, 6.45) is 1.40. The van der Waals surface area contributed by atoms with E-state index >= 15 is 0 Å². The number of rotatable bonds is 5. The number of nitrogens with one attached hydrogen (secondary N) is 2. The number of benzene rings is 1. The first-order valence-electron chi connectivity index (χ1n) is 6.98. The van der Waals surface area contributed by atoms with Crippen LogP contribution in [0.4, 0.5) is 0 Å². The molecular weight excluding hydrogens is 316 g/mol. The van der Waals surface area contributed by atoms with E-state index in [9.17, 15) is 8.42 Å². The molecule has 2 aromatic heterocycles. The van der Waals surface area contributed by atoms with Crippen molar-refractivity contribution in [2.24, 2.45) is 0 Å². The van der Waals surface area contributed by atoms with Crippen molar-refractivity contribution in [3.63, 3.8) is 0 Å². The molecule has 0 unspecified atom stereocenters. The predicted octanol–water partition coefficient (Wildman–Crippen LogP) is 2.16. The second kappa shape index (κ2) is 5.98. The number of hydrogen-bond acceptors (Lipinski definition) is 5. The van der Waals surface area contributed by atoms with Crippen molar-refractivity contribution in [2.75, 3.05) is 0 Å². The Balaban J connectivity index is 1.76. The SMILES string of the molecule is Cc1cccc(CNS(=O)(=O)c2c[nH]c(-c3nnc(C)o3)c2)c1. The molecule has 2 N–H and O–H groups in total. The van der Waals surface area contributed by atoms with Crippen LogP contribution >= 0.6 is 0 Å². The third kappa shape index (κ3) is 3.49. The maximum atomic E-state index is 12.3. The van der Waals surface area contributed by atoms with E-state index in [1.807, 2.05) is 31.2 Å². The predicted molar refractivity (Wildman–Crippen MR) is 84.0 cm³/mol. The molecule has 3 rings (SSSR count). The fourth-order valence-electron chi connectivity index (χ4n) is 2.14. The van der Waals surface area contributed by atoms with Crippen LogP contribution in [0.5, 0.6) is 0 Å². The molecule has 0 aliphatic carbocycles. The highest BCUT2D eigenvalue weighted by molar-refractivity contribution is 7.89. The molecule has 0 aliphatic heterocycles. The third-order valence-electron chi connectivity index (χ3n) is 3.27. The Morgan fingerprint density at radius 3 is 2.74 bits per heavy atom. The van der Waals surface area contributed by atoms with Crippen LogP contribution in [0.25, 0.3) is 11.6 Å². The van der Waals surface area contributed by atoms with Crippen LogP contribution in [0.2, 0.25) is 0 Å². The van der Waals surface area contributed by atoms with Gasteiger partial charge in [0.2, 0.25) is 15.9 Å². The van der Waals surface area contributed by atoms with Gasteiger partial charge in [0.1, 0.15) is 10.6 Å². The number of H-pyrrole nitrogens is 1. The Morgan fingerprint density at radius 1 is 1.22 bits per heavy atom. The second-order valence-electron chi connectivity index (χ2n) is 5.19. The van der Waals surface area contributed by atoms with Gasteiger partial charge in [0.15, 0.2) is 0 Å². The van der Waals surface area contributed by atoms with E-state index < -0.39 is 10.0 Å². The van der Waals surface area contributed by atoms with Gasteiger partial charge in [-0.3, -0.25) is 0 Å². The molecule has 0 spiro atoms. The number of sulfonamides is 1. The molecule has 8 heteroatoms. The van der Waals surface area contributed by atoms with E-state index in [4.69, 9.17) is 4.42 Å². The third-order valence-corrected chi connectivity index (χ3v) is 4.65. The van der Waals surface area contributed by atoms with Crippen molar-refractivity contribution in [3.05, 3.63) is 53.5 Å². The molecule has 1 aromatic carbocycles. The standard InChI is InChI=1S/C15H16N4O3S/c1-10-4-3-5-12(6-10)8-17-23(20,21)13-7-14(16-9-13)15-19-18-11(2)22-15/h3-7,9,16-17H,8H2,1-2H3. The average Bonchev–Trinajstić information content (AvgIpc) is 3.14. The fourth-order valence-corrected chi connectivity index (χ4v) is 3.15. The molecule has 3 aromatic rings. The summed E-state index contributed by atoms with van der Waals surface area (Å²) in [5.41, 5.74) is 2.44. The van der Waals surface area contributed by atoms with E-state index in [1.54, 1.807) is 6.92 Å². The van der Waals surface area contributed by atoms with Gasteiger partial charge in [-0.1, -0.05) is 29.8 Å². The van der Waals surface area contributed by atoms with Gasteiger partial charge in [0, 0.05) is 19.7 Å². The molecule has 23 heavy (non-hydrogen) atoms. The van der Waals surface area contributed by atoms with Gasteiger partial charge in [-0.05, 0) is 18.6 Å². The molecule has 120 valence electrons. The zero-order valence-electron chi connectivity index (χ0n) is 12.7. The van der Waals surface area contributed by atoms with E-state index in [-0.39, 0.29) is 17.3 Å². The summed E-state index contributed by atoms with van der Waals surface area (Å²) in [5, 5.41) is 7.57. The summed E-state index contributed by atoms with van der Waals surface area (Å²) in [7, 11) is -3.62. The summed E-state index contributed by atoms with van der Waals surface area (Å²) < 4.78 is 32.5. The van der Waals surface area contributed by atoms with Gasteiger partial charge in [0.05, 0.1) is 0 Å². The van der Waals surface area contributed by atoms with Gasteiger partial charge in [-0.25, -0.2) is 13.1 Å². The molecule has 0 bridgehead atoms. The second-order valence-corrected chi connectivity index (χ2v) is 6.96. The maximum absolute atomic E-state index is 12.3. The van der Waals surface area contributed by atoms with Crippen LogP contribution in [0.3, 0.4) is 0 Å². The maximum Gasteiger partial charge on any atom is 0.264 e. The van der Waals surface area contributed by atoms with E-state index in [0.717, 1.165) is 11.1 Å². The van der Waals surface area contributed by atoms with Crippen LogP contribution in [-0.4, -0.2) is 23.6 Å². The normalized spacial score (nSPS) is 11.7. The van der Waals surface area contributed by atoms with Crippen LogP contribution < -0.4 is 4.72 Å². The van der Waals surface area contributed by atoms with Crippen LogP contribution in [0, 0.1) is 13.8 Å². The van der Waals surface area contributed by atoms with Gasteiger partial charge in [0.25, 0.3) is 5.89 Å². The highest BCUT2D eigenvalue weighted by Gasteiger charge is 2.18. The Labute approximate surface area is 133 Å². The summed E-state index contributed by atoms with van der Waals surface area (Å²) in [6.45, 7) is 3.85. The zero-order chi connectivity index (χ0) is 16.4. The molecule has 7 nitrogen and oxygen atoms in total. The minimum absolute atomic E-state index is 0.121. The van der Waals surface area contributed by atoms with Crippen molar-refractivity contribution in [1.29, 1.82) is 0 Å². The molecule has 0 aliphatic rings. The van der Waals surface area contributed by atoms with Crippen molar-refractivity contribution in [2.45, 2.75) is 25.3 Å². The van der Waals surface area contributed by atoms with Crippen LogP contribution in [0.1, 0.15) is 17.0 Å². The number of aromatic nitrogens is 3. The molecule has 0 atom stereocenters. The molecule has 0 radical (unpaired) electrons. The average molecular weight is 332 g/mol. The van der Waals surface area contributed by atoms with Crippen molar-refractivity contribution in [3.8, 4) is 11.6 Å². The monoisotopic (exact) mass is 332 g/mol. The number of nitrogens with zero attached hydrogens (tertiary/aromatic N) is 2. The van der Waals surface area contributed by atoms with E-state index in [1.165, 1.54) is 12.3 Å². The molecule has 0 fully saturated rings. The summed E-state index contributed by atoms with van der Waals surface area (Å²) in [4.78, 5) is 2.95. The van der Waals surface area contributed by atoms with Crippen LogP contribution in [0.15, 0.2) is 45.8 Å². The number of aromatic amines is 1. The van der Waals surface area contributed by atoms with Gasteiger partial charge < -0.3 is 9.40 Å². The Morgan fingerprint density at radius 2 is 2.04 bits per heavy atom. The molecule has 2 heterocycles. The summed E-state index contributed by atoms with van der Waals surface area (Å²) in [6, 6.07) is 9.13. The first-order chi connectivity index (χ1) is 10.9.